The summed E-state index contributed by atoms with van der Waals surface area (Å²) >= 11 is 0. The lowest BCUT2D eigenvalue weighted by Gasteiger charge is -2.13. The first-order valence-electron chi connectivity index (χ1n) is 5.13. The lowest BCUT2D eigenvalue weighted by atomic mass is 9.97. The first-order chi connectivity index (χ1) is 7.95. The summed E-state index contributed by atoms with van der Waals surface area (Å²) in [5, 5.41) is 19.5. The standard InChI is InChI=1S/C12H14O5/c1-4-17-12(16)9-6(2)8(5-13)10(14)7(3)11(9)15/h5,14-15H,4H2,1-3H3. The Kier molecular flexibility index (Phi) is 3.73. The Morgan fingerprint density at radius 1 is 1.24 bits per heavy atom. The maximum atomic E-state index is 11.6. The molecule has 2 N–H and O–H groups in total. The van der Waals surface area contributed by atoms with Crippen LogP contribution in [0.3, 0.4) is 0 Å². The summed E-state index contributed by atoms with van der Waals surface area (Å²) in [5.41, 5.74) is 0.201. The van der Waals surface area contributed by atoms with Gasteiger partial charge in [0.05, 0.1) is 12.2 Å². The first-order valence-corrected chi connectivity index (χ1v) is 5.13. The van der Waals surface area contributed by atoms with E-state index >= 15 is 0 Å². The largest absolute Gasteiger partial charge is 0.507 e. The lowest BCUT2D eigenvalue weighted by Crippen LogP contribution is -2.10. The summed E-state index contributed by atoms with van der Waals surface area (Å²) < 4.78 is 4.79. The Bertz CT molecular complexity index is 477. The second-order valence-corrected chi connectivity index (χ2v) is 3.57. The second kappa shape index (κ2) is 4.86. The molecular formula is C12H14O5. The molecule has 0 spiro atoms. The van der Waals surface area contributed by atoms with E-state index in [1.165, 1.54) is 13.8 Å². The smallest absolute Gasteiger partial charge is 0.342 e. The summed E-state index contributed by atoms with van der Waals surface area (Å²) in [4.78, 5) is 22.5. The minimum atomic E-state index is -0.714. The highest BCUT2D eigenvalue weighted by atomic mass is 16.5. The van der Waals surface area contributed by atoms with Gasteiger partial charge in [-0.25, -0.2) is 4.79 Å². The zero-order valence-corrected chi connectivity index (χ0v) is 9.90. The van der Waals surface area contributed by atoms with Gasteiger partial charge < -0.3 is 14.9 Å². The molecule has 0 aliphatic carbocycles. The third kappa shape index (κ3) is 2.08. The molecule has 0 aliphatic heterocycles. The molecule has 0 fully saturated rings. The molecular weight excluding hydrogens is 224 g/mol. The van der Waals surface area contributed by atoms with E-state index in [0.717, 1.165) is 0 Å². The molecule has 0 bridgehead atoms. The molecule has 1 aromatic rings. The normalized spacial score (nSPS) is 10.1. The molecule has 0 aromatic heterocycles. The van der Waals surface area contributed by atoms with Crippen LogP contribution in [0.4, 0.5) is 0 Å². The van der Waals surface area contributed by atoms with Crippen molar-refractivity contribution in [3.05, 3.63) is 22.3 Å². The van der Waals surface area contributed by atoms with Gasteiger partial charge in [0.1, 0.15) is 17.1 Å². The maximum Gasteiger partial charge on any atom is 0.342 e. The number of hydrogen-bond acceptors (Lipinski definition) is 5. The third-order valence-electron chi connectivity index (χ3n) is 2.58. The summed E-state index contributed by atoms with van der Waals surface area (Å²) in [6, 6.07) is 0. The van der Waals surface area contributed by atoms with Crippen LogP contribution in [0.2, 0.25) is 0 Å². The molecule has 1 rings (SSSR count). The van der Waals surface area contributed by atoms with Crippen molar-refractivity contribution in [2.24, 2.45) is 0 Å². The number of hydrogen-bond donors (Lipinski definition) is 2. The third-order valence-corrected chi connectivity index (χ3v) is 2.58. The highest BCUT2D eigenvalue weighted by Gasteiger charge is 2.23. The Hall–Kier alpha value is -2.04. The van der Waals surface area contributed by atoms with Gasteiger partial charge in [0.2, 0.25) is 0 Å². The van der Waals surface area contributed by atoms with Crippen molar-refractivity contribution in [2.45, 2.75) is 20.8 Å². The van der Waals surface area contributed by atoms with Crippen molar-refractivity contribution in [1.82, 2.24) is 0 Å². The highest BCUT2D eigenvalue weighted by molar-refractivity contribution is 5.99. The summed E-state index contributed by atoms with van der Waals surface area (Å²) in [6.07, 6.45) is 0.444. The SMILES string of the molecule is CCOC(=O)c1c(C)c(C=O)c(O)c(C)c1O. The number of aromatic hydroxyl groups is 2. The van der Waals surface area contributed by atoms with E-state index < -0.39 is 5.97 Å². The van der Waals surface area contributed by atoms with Crippen LogP contribution >= 0.6 is 0 Å². The predicted molar refractivity (Wildman–Crippen MR) is 60.6 cm³/mol. The van der Waals surface area contributed by atoms with Gasteiger partial charge in [0.25, 0.3) is 0 Å². The van der Waals surface area contributed by atoms with E-state index in [0.29, 0.717) is 6.29 Å². The van der Waals surface area contributed by atoms with Crippen molar-refractivity contribution in [2.75, 3.05) is 6.61 Å². The number of carbonyl (C=O) groups is 2. The Morgan fingerprint density at radius 3 is 2.29 bits per heavy atom. The van der Waals surface area contributed by atoms with E-state index in [1.807, 2.05) is 0 Å². The minimum Gasteiger partial charge on any atom is -0.507 e. The molecule has 0 aliphatic rings. The fourth-order valence-corrected chi connectivity index (χ4v) is 1.59. The van der Waals surface area contributed by atoms with E-state index in [-0.39, 0.29) is 40.4 Å². The number of rotatable bonds is 3. The van der Waals surface area contributed by atoms with Gasteiger partial charge in [0, 0.05) is 5.56 Å². The second-order valence-electron chi connectivity index (χ2n) is 3.57. The molecule has 0 saturated heterocycles. The Labute approximate surface area is 98.6 Å². The van der Waals surface area contributed by atoms with Crippen molar-refractivity contribution in [1.29, 1.82) is 0 Å². The number of phenols is 2. The van der Waals surface area contributed by atoms with Crippen LogP contribution in [0.5, 0.6) is 11.5 Å². The van der Waals surface area contributed by atoms with Crippen molar-refractivity contribution in [3.8, 4) is 11.5 Å². The fourth-order valence-electron chi connectivity index (χ4n) is 1.59. The van der Waals surface area contributed by atoms with Gasteiger partial charge in [-0.3, -0.25) is 4.79 Å². The zero-order valence-electron chi connectivity index (χ0n) is 9.90. The molecule has 0 amide bonds. The Morgan fingerprint density at radius 2 is 1.82 bits per heavy atom. The number of ether oxygens (including phenoxy) is 1. The number of aldehydes is 1. The monoisotopic (exact) mass is 238 g/mol. The summed E-state index contributed by atoms with van der Waals surface area (Å²) in [5.74, 6) is -1.39. The molecule has 0 heterocycles. The first kappa shape index (κ1) is 13.0. The number of carbonyl (C=O) groups excluding carboxylic acids is 2. The van der Waals surface area contributed by atoms with Gasteiger partial charge in [-0.1, -0.05) is 0 Å². The molecule has 5 nitrogen and oxygen atoms in total. The van der Waals surface area contributed by atoms with Crippen LogP contribution in [0, 0.1) is 13.8 Å². The molecule has 0 atom stereocenters. The van der Waals surface area contributed by atoms with Crippen LogP contribution < -0.4 is 0 Å². The highest BCUT2D eigenvalue weighted by Crippen LogP contribution is 2.36. The van der Waals surface area contributed by atoms with Gasteiger partial charge in [-0.15, -0.1) is 0 Å². The van der Waals surface area contributed by atoms with Gasteiger partial charge in [-0.2, -0.15) is 0 Å². The molecule has 0 unspecified atom stereocenters. The average molecular weight is 238 g/mol. The number of phenolic OH excluding ortho intramolecular Hbond substituents is 2. The van der Waals surface area contributed by atoms with E-state index in [9.17, 15) is 19.8 Å². The number of benzene rings is 1. The van der Waals surface area contributed by atoms with Crippen LogP contribution in [0.15, 0.2) is 0 Å². The van der Waals surface area contributed by atoms with Crippen molar-refractivity contribution >= 4 is 12.3 Å². The lowest BCUT2D eigenvalue weighted by molar-refractivity contribution is 0.0522. The van der Waals surface area contributed by atoms with Crippen LogP contribution in [-0.2, 0) is 4.74 Å². The summed E-state index contributed by atoms with van der Waals surface area (Å²) in [6.45, 7) is 4.68. The molecule has 92 valence electrons. The zero-order chi connectivity index (χ0) is 13.2. The number of esters is 1. The minimum absolute atomic E-state index is 0.0108. The van der Waals surface area contributed by atoms with E-state index in [4.69, 9.17) is 4.74 Å². The van der Waals surface area contributed by atoms with Gasteiger partial charge >= 0.3 is 5.97 Å². The maximum absolute atomic E-state index is 11.6. The Balaban J connectivity index is 3.55. The van der Waals surface area contributed by atoms with E-state index in [1.54, 1.807) is 6.92 Å². The summed E-state index contributed by atoms with van der Waals surface area (Å²) in [7, 11) is 0. The molecule has 0 saturated carbocycles. The molecule has 0 radical (unpaired) electrons. The topological polar surface area (TPSA) is 83.8 Å². The van der Waals surface area contributed by atoms with Crippen LogP contribution in [-0.4, -0.2) is 29.1 Å². The average Bonchev–Trinajstić information content (AvgIpc) is 2.27. The van der Waals surface area contributed by atoms with Crippen LogP contribution in [0.25, 0.3) is 0 Å². The molecule has 1 aromatic carbocycles. The quantitative estimate of drug-likeness (QED) is 0.618. The fraction of sp³-hybridized carbons (Fsp3) is 0.333. The van der Waals surface area contributed by atoms with E-state index in [2.05, 4.69) is 0 Å². The van der Waals surface area contributed by atoms with Gasteiger partial charge in [-0.05, 0) is 26.3 Å². The molecule has 5 heteroatoms. The van der Waals surface area contributed by atoms with Crippen molar-refractivity contribution < 1.29 is 24.5 Å². The predicted octanol–water partition coefficient (Wildman–Crippen LogP) is 1.70. The molecule has 17 heavy (non-hydrogen) atoms. The van der Waals surface area contributed by atoms with Crippen LogP contribution in [0.1, 0.15) is 38.8 Å². The van der Waals surface area contributed by atoms with Gasteiger partial charge in [0.15, 0.2) is 6.29 Å². The van der Waals surface area contributed by atoms with Crippen molar-refractivity contribution in [3.63, 3.8) is 0 Å².